The molecule has 1 heterocycles. The average molecular weight is 364 g/mol. The highest BCUT2D eigenvalue weighted by atomic mass is 35.5. The van der Waals surface area contributed by atoms with Crippen molar-refractivity contribution in [2.45, 2.75) is 18.8 Å². The Kier molecular flexibility index (Phi) is 4.67. The molecule has 1 aliphatic rings. The number of carbonyl (C=O) groups excluding carboxylic acids is 1. The van der Waals surface area contributed by atoms with Crippen LogP contribution in [0.15, 0.2) is 29.2 Å². The SMILES string of the molecule is N#C/C(=C/c1csc(C2CC2)n1)C(=O)Nc1cc(Cl)ccc1Cl. The molecule has 116 valence electrons. The largest absolute Gasteiger partial charge is 0.320 e. The van der Waals surface area contributed by atoms with Gasteiger partial charge in [-0.1, -0.05) is 23.2 Å². The molecule has 1 fully saturated rings. The van der Waals surface area contributed by atoms with Crippen LogP contribution in [0.1, 0.15) is 29.5 Å². The van der Waals surface area contributed by atoms with Crippen molar-refractivity contribution in [2.24, 2.45) is 0 Å². The van der Waals surface area contributed by atoms with Gasteiger partial charge in [0.05, 0.1) is 21.4 Å². The van der Waals surface area contributed by atoms with E-state index in [0.717, 1.165) is 17.8 Å². The molecule has 0 radical (unpaired) electrons. The Hall–Kier alpha value is -1.87. The summed E-state index contributed by atoms with van der Waals surface area (Å²) in [5.74, 6) is 0.00409. The van der Waals surface area contributed by atoms with Gasteiger partial charge in [0.1, 0.15) is 11.6 Å². The maximum atomic E-state index is 12.2. The van der Waals surface area contributed by atoms with E-state index in [1.54, 1.807) is 23.5 Å². The van der Waals surface area contributed by atoms with Crippen LogP contribution in [0.4, 0.5) is 5.69 Å². The van der Waals surface area contributed by atoms with Crippen LogP contribution in [0.5, 0.6) is 0 Å². The number of hydrogen-bond donors (Lipinski definition) is 1. The maximum absolute atomic E-state index is 12.2. The minimum atomic E-state index is -0.544. The smallest absolute Gasteiger partial charge is 0.266 e. The topological polar surface area (TPSA) is 65.8 Å². The predicted molar refractivity (Wildman–Crippen MR) is 92.8 cm³/mol. The molecule has 4 nitrogen and oxygen atoms in total. The fourth-order valence-electron chi connectivity index (χ4n) is 1.96. The third kappa shape index (κ3) is 3.91. The zero-order valence-electron chi connectivity index (χ0n) is 11.8. The number of thiazole rings is 1. The summed E-state index contributed by atoms with van der Waals surface area (Å²) in [5.41, 5.74) is 0.955. The molecule has 0 bridgehead atoms. The van der Waals surface area contributed by atoms with Gasteiger partial charge in [-0.15, -0.1) is 11.3 Å². The van der Waals surface area contributed by atoms with Gasteiger partial charge < -0.3 is 5.32 Å². The molecular weight excluding hydrogens is 353 g/mol. The van der Waals surface area contributed by atoms with Crippen molar-refractivity contribution >= 4 is 52.2 Å². The summed E-state index contributed by atoms with van der Waals surface area (Å²) in [7, 11) is 0. The summed E-state index contributed by atoms with van der Waals surface area (Å²) in [5, 5.41) is 15.5. The van der Waals surface area contributed by atoms with E-state index in [4.69, 9.17) is 23.2 Å². The van der Waals surface area contributed by atoms with Crippen LogP contribution >= 0.6 is 34.5 Å². The number of nitrogens with one attached hydrogen (secondary N) is 1. The molecule has 1 N–H and O–H groups in total. The molecule has 1 aromatic heterocycles. The number of nitrogens with zero attached hydrogens (tertiary/aromatic N) is 2. The lowest BCUT2D eigenvalue weighted by Crippen LogP contribution is -2.13. The van der Waals surface area contributed by atoms with E-state index in [1.807, 2.05) is 11.4 Å². The fourth-order valence-corrected chi connectivity index (χ4v) is 3.25. The monoisotopic (exact) mass is 363 g/mol. The van der Waals surface area contributed by atoms with E-state index >= 15 is 0 Å². The molecule has 2 aromatic rings. The third-order valence-electron chi connectivity index (χ3n) is 3.30. The molecule has 1 amide bonds. The first-order valence-corrected chi connectivity index (χ1v) is 8.54. The van der Waals surface area contributed by atoms with Gasteiger partial charge in [0, 0.05) is 16.3 Å². The minimum Gasteiger partial charge on any atom is -0.320 e. The number of aromatic nitrogens is 1. The van der Waals surface area contributed by atoms with Crippen molar-refractivity contribution in [2.75, 3.05) is 5.32 Å². The van der Waals surface area contributed by atoms with Crippen molar-refractivity contribution in [3.05, 3.63) is 49.9 Å². The molecule has 1 saturated carbocycles. The number of anilines is 1. The van der Waals surface area contributed by atoms with Crippen LogP contribution < -0.4 is 5.32 Å². The molecule has 1 aliphatic carbocycles. The lowest BCUT2D eigenvalue weighted by Gasteiger charge is -2.06. The summed E-state index contributed by atoms with van der Waals surface area (Å²) in [6.07, 6.45) is 3.81. The van der Waals surface area contributed by atoms with Crippen LogP contribution in [0.3, 0.4) is 0 Å². The first-order valence-electron chi connectivity index (χ1n) is 6.90. The van der Waals surface area contributed by atoms with Crippen LogP contribution in [0.2, 0.25) is 10.0 Å². The van der Waals surface area contributed by atoms with Gasteiger partial charge in [0.15, 0.2) is 0 Å². The third-order valence-corrected chi connectivity index (χ3v) is 4.89. The second-order valence-electron chi connectivity index (χ2n) is 5.13. The summed E-state index contributed by atoms with van der Waals surface area (Å²) in [6.45, 7) is 0. The normalized spacial score (nSPS) is 14.4. The first kappa shape index (κ1) is 16.0. The van der Waals surface area contributed by atoms with E-state index in [0.29, 0.717) is 27.3 Å². The van der Waals surface area contributed by atoms with Crippen LogP contribution in [0, 0.1) is 11.3 Å². The van der Waals surface area contributed by atoms with E-state index in [-0.39, 0.29) is 5.57 Å². The highest BCUT2D eigenvalue weighted by Crippen LogP contribution is 2.41. The molecule has 7 heteroatoms. The number of carbonyl (C=O) groups is 1. The van der Waals surface area contributed by atoms with Gasteiger partial charge in [0.25, 0.3) is 5.91 Å². The minimum absolute atomic E-state index is 0.0336. The Morgan fingerprint density at radius 2 is 2.22 bits per heavy atom. The maximum Gasteiger partial charge on any atom is 0.266 e. The van der Waals surface area contributed by atoms with Crippen molar-refractivity contribution in [1.82, 2.24) is 4.98 Å². The Labute approximate surface area is 147 Å². The van der Waals surface area contributed by atoms with E-state index in [9.17, 15) is 10.1 Å². The van der Waals surface area contributed by atoms with Crippen LogP contribution in [-0.4, -0.2) is 10.9 Å². The summed E-state index contributed by atoms with van der Waals surface area (Å²) in [6, 6.07) is 6.63. The van der Waals surface area contributed by atoms with E-state index in [1.165, 1.54) is 12.1 Å². The first-order chi connectivity index (χ1) is 11.1. The summed E-state index contributed by atoms with van der Waals surface area (Å²) in [4.78, 5) is 16.7. The zero-order chi connectivity index (χ0) is 16.4. The number of hydrogen-bond acceptors (Lipinski definition) is 4. The van der Waals surface area contributed by atoms with E-state index in [2.05, 4.69) is 10.3 Å². The van der Waals surface area contributed by atoms with Gasteiger partial charge in [-0.05, 0) is 37.1 Å². The van der Waals surface area contributed by atoms with Crippen LogP contribution in [0.25, 0.3) is 6.08 Å². The van der Waals surface area contributed by atoms with Gasteiger partial charge in [-0.2, -0.15) is 5.26 Å². The molecule has 0 unspecified atom stereocenters. The molecule has 0 atom stereocenters. The number of halogens is 2. The Balaban J connectivity index is 1.79. The highest BCUT2D eigenvalue weighted by molar-refractivity contribution is 7.09. The number of nitriles is 1. The summed E-state index contributed by atoms with van der Waals surface area (Å²) >= 11 is 13.4. The standard InChI is InChI=1S/C16H11Cl2N3OS/c17-11-3-4-13(18)14(6-11)21-15(22)10(7-19)5-12-8-23-16(20-12)9-1-2-9/h3-6,8-9H,1-2H2,(H,21,22)/b10-5-. The Morgan fingerprint density at radius 1 is 1.43 bits per heavy atom. The Morgan fingerprint density at radius 3 is 2.91 bits per heavy atom. The molecule has 0 spiro atoms. The van der Waals surface area contributed by atoms with Gasteiger partial charge >= 0.3 is 0 Å². The molecule has 0 aliphatic heterocycles. The zero-order valence-corrected chi connectivity index (χ0v) is 14.2. The number of rotatable bonds is 4. The molecule has 23 heavy (non-hydrogen) atoms. The molecule has 1 aromatic carbocycles. The molecule has 0 saturated heterocycles. The number of benzene rings is 1. The molecule has 3 rings (SSSR count). The Bertz CT molecular complexity index is 834. The van der Waals surface area contributed by atoms with Gasteiger partial charge in [-0.3, -0.25) is 4.79 Å². The second kappa shape index (κ2) is 6.71. The lowest BCUT2D eigenvalue weighted by molar-refractivity contribution is -0.112. The van der Waals surface area contributed by atoms with Crippen molar-refractivity contribution in [1.29, 1.82) is 5.26 Å². The lowest BCUT2D eigenvalue weighted by atomic mass is 10.2. The predicted octanol–water partition coefficient (Wildman–Crippen LogP) is 4.87. The summed E-state index contributed by atoms with van der Waals surface area (Å²) < 4.78 is 0. The second-order valence-corrected chi connectivity index (χ2v) is 6.87. The molecular formula is C16H11Cl2N3OS. The average Bonchev–Trinajstić information content (AvgIpc) is 3.28. The quantitative estimate of drug-likeness (QED) is 0.622. The van der Waals surface area contributed by atoms with Crippen LogP contribution in [-0.2, 0) is 4.79 Å². The van der Waals surface area contributed by atoms with Crippen molar-refractivity contribution < 1.29 is 4.79 Å². The van der Waals surface area contributed by atoms with Gasteiger partial charge in [0.2, 0.25) is 0 Å². The van der Waals surface area contributed by atoms with Crippen molar-refractivity contribution in [3.8, 4) is 6.07 Å². The van der Waals surface area contributed by atoms with Gasteiger partial charge in [-0.25, -0.2) is 4.98 Å². The van der Waals surface area contributed by atoms with Crippen molar-refractivity contribution in [3.63, 3.8) is 0 Å². The fraction of sp³-hybridized carbons (Fsp3) is 0.188. The van der Waals surface area contributed by atoms with E-state index < -0.39 is 5.91 Å². The highest BCUT2D eigenvalue weighted by Gasteiger charge is 2.26. The number of amides is 1.